The number of hydrogen-bond donors (Lipinski definition) is 1. The van der Waals surface area contributed by atoms with Gasteiger partial charge < -0.3 is 10.1 Å². The van der Waals surface area contributed by atoms with Gasteiger partial charge in [0.1, 0.15) is 0 Å². The zero-order valence-corrected chi connectivity index (χ0v) is 8.82. The summed E-state index contributed by atoms with van der Waals surface area (Å²) in [5.41, 5.74) is 0. The average Bonchev–Trinajstić information content (AvgIpc) is 2.33. The minimum atomic E-state index is 0.402. The summed E-state index contributed by atoms with van der Waals surface area (Å²) in [5.74, 6) is 0. The molecule has 0 saturated carbocycles. The first kappa shape index (κ1) is 8.62. The maximum absolute atomic E-state index is 5.58. The van der Waals surface area contributed by atoms with Crippen molar-refractivity contribution in [2.45, 2.75) is 12.7 Å². The Kier molecular flexibility index (Phi) is 2.75. The molecule has 1 aliphatic rings. The quantitative estimate of drug-likeness (QED) is 0.879. The third-order valence-corrected chi connectivity index (χ3v) is 3.50. The molecule has 0 atom stereocenters. The van der Waals surface area contributed by atoms with E-state index >= 15 is 0 Å². The van der Waals surface area contributed by atoms with Crippen LogP contribution < -0.4 is 5.32 Å². The molecule has 1 N–H and O–H groups in total. The van der Waals surface area contributed by atoms with E-state index in [1.807, 2.05) is 6.20 Å². The number of hydrogen-bond acceptors (Lipinski definition) is 4. The lowest BCUT2D eigenvalue weighted by Crippen LogP contribution is -2.48. The third-order valence-electron chi connectivity index (χ3n) is 1.79. The molecule has 0 aromatic carbocycles. The molecule has 3 nitrogen and oxygen atoms in total. The predicted octanol–water partition coefficient (Wildman–Crippen LogP) is 1.39. The number of halogens is 1. The van der Waals surface area contributed by atoms with Gasteiger partial charge >= 0.3 is 0 Å². The molecular formula is C7H9BrN2OS. The van der Waals surface area contributed by atoms with Crippen molar-refractivity contribution in [2.24, 2.45) is 0 Å². The number of rotatable bonds is 3. The molecule has 1 saturated heterocycles. The lowest BCUT2D eigenvalue weighted by atomic mass is 10.2. The second kappa shape index (κ2) is 3.83. The van der Waals surface area contributed by atoms with E-state index in [2.05, 4.69) is 25.6 Å². The van der Waals surface area contributed by atoms with E-state index in [1.165, 1.54) is 16.4 Å². The van der Waals surface area contributed by atoms with Crippen molar-refractivity contribution in [3.63, 3.8) is 0 Å². The molecule has 2 heterocycles. The Labute approximate surface area is 83.4 Å². The van der Waals surface area contributed by atoms with Gasteiger partial charge in [0.05, 0.1) is 28.3 Å². The van der Waals surface area contributed by atoms with Crippen LogP contribution in [0, 0.1) is 0 Å². The van der Waals surface area contributed by atoms with Crippen LogP contribution in [0.25, 0.3) is 0 Å². The van der Waals surface area contributed by atoms with Gasteiger partial charge in [0.15, 0.2) is 0 Å². The van der Waals surface area contributed by atoms with E-state index in [0.717, 1.165) is 17.6 Å². The molecule has 0 unspecified atom stereocenters. The molecule has 0 radical (unpaired) electrons. The Hall–Kier alpha value is 0.0300. The first-order valence-electron chi connectivity index (χ1n) is 3.77. The molecule has 2 rings (SSSR count). The standard InChI is InChI=1S/C7H9BrN2OS/c8-6-3-10-12-7(6)4-11-5-1-9-2-5/h3,5,9H,1-2,4H2. The highest BCUT2D eigenvalue weighted by atomic mass is 79.9. The fourth-order valence-electron chi connectivity index (χ4n) is 0.921. The summed E-state index contributed by atoms with van der Waals surface area (Å²) in [6, 6.07) is 0. The molecule has 1 aromatic rings. The molecule has 66 valence electrons. The summed E-state index contributed by atoms with van der Waals surface area (Å²) in [5, 5.41) is 3.16. The van der Waals surface area contributed by atoms with Gasteiger partial charge in [-0.1, -0.05) is 0 Å². The summed E-state index contributed by atoms with van der Waals surface area (Å²) in [6.07, 6.45) is 2.21. The summed E-state index contributed by atoms with van der Waals surface area (Å²) in [6.45, 7) is 2.64. The zero-order valence-electron chi connectivity index (χ0n) is 6.42. The van der Waals surface area contributed by atoms with Gasteiger partial charge in [-0.15, -0.1) is 0 Å². The molecule has 0 bridgehead atoms. The molecule has 1 fully saturated rings. The van der Waals surface area contributed by atoms with Crippen LogP contribution in [-0.4, -0.2) is 23.6 Å². The molecule has 0 aliphatic carbocycles. The topological polar surface area (TPSA) is 34.1 Å². The van der Waals surface area contributed by atoms with Crippen molar-refractivity contribution in [1.82, 2.24) is 9.69 Å². The van der Waals surface area contributed by atoms with Crippen LogP contribution in [0.3, 0.4) is 0 Å². The molecule has 5 heteroatoms. The fraction of sp³-hybridized carbons (Fsp3) is 0.571. The van der Waals surface area contributed by atoms with Crippen LogP contribution in [0.4, 0.5) is 0 Å². The largest absolute Gasteiger partial charge is 0.370 e. The summed E-state index contributed by atoms with van der Waals surface area (Å²) < 4.78 is 10.7. The Bertz CT molecular complexity index is 262. The summed E-state index contributed by atoms with van der Waals surface area (Å²) >= 11 is 4.89. The van der Waals surface area contributed by atoms with Crippen molar-refractivity contribution in [1.29, 1.82) is 0 Å². The Morgan fingerprint density at radius 2 is 2.58 bits per heavy atom. The molecule has 0 spiro atoms. The summed E-state index contributed by atoms with van der Waals surface area (Å²) in [7, 11) is 0. The predicted molar refractivity (Wildman–Crippen MR) is 51.3 cm³/mol. The highest BCUT2D eigenvalue weighted by Crippen LogP contribution is 2.21. The SMILES string of the molecule is Brc1cnsc1COC1CNC1. The second-order valence-electron chi connectivity index (χ2n) is 2.69. The van der Waals surface area contributed by atoms with Crippen molar-refractivity contribution in [2.75, 3.05) is 13.1 Å². The van der Waals surface area contributed by atoms with Crippen LogP contribution in [-0.2, 0) is 11.3 Å². The number of aromatic nitrogens is 1. The second-order valence-corrected chi connectivity index (χ2v) is 4.43. The Balaban J connectivity index is 1.82. The maximum atomic E-state index is 5.58. The van der Waals surface area contributed by atoms with Gasteiger partial charge in [-0.2, -0.15) is 4.37 Å². The molecule has 12 heavy (non-hydrogen) atoms. The lowest BCUT2D eigenvalue weighted by molar-refractivity contribution is 0.00865. The fourth-order valence-corrected chi connectivity index (χ4v) is 2.04. The van der Waals surface area contributed by atoms with Crippen LogP contribution in [0.1, 0.15) is 4.88 Å². The van der Waals surface area contributed by atoms with Gasteiger partial charge in [-0.05, 0) is 27.5 Å². The number of nitrogens with one attached hydrogen (secondary N) is 1. The monoisotopic (exact) mass is 248 g/mol. The van der Waals surface area contributed by atoms with Crippen molar-refractivity contribution in [3.8, 4) is 0 Å². The van der Waals surface area contributed by atoms with Gasteiger partial charge in [0, 0.05) is 13.1 Å². The van der Waals surface area contributed by atoms with E-state index in [0.29, 0.717) is 12.7 Å². The zero-order chi connectivity index (χ0) is 8.39. The van der Waals surface area contributed by atoms with Crippen LogP contribution in [0.15, 0.2) is 10.7 Å². The lowest BCUT2D eigenvalue weighted by Gasteiger charge is -2.26. The number of nitrogens with zero attached hydrogens (tertiary/aromatic N) is 1. The summed E-state index contributed by atoms with van der Waals surface area (Å²) in [4.78, 5) is 1.17. The average molecular weight is 249 g/mol. The van der Waals surface area contributed by atoms with Gasteiger partial charge in [0.2, 0.25) is 0 Å². The van der Waals surface area contributed by atoms with Crippen LogP contribution in [0.5, 0.6) is 0 Å². The highest BCUT2D eigenvalue weighted by molar-refractivity contribution is 9.10. The molecule has 1 aliphatic heterocycles. The Morgan fingerprint density at radius 1 is 1.75 bits per heavy atom. The Morgan fingerprint density at radius 3 is 3.08 bits per heavy atom. The van der Waals surface area contributed by atoms with E-state index in [1.54, 1.807) is 0 Å². The number of ether oxygens (including phenoxy) is 1. The minimum Gasteiger partial charge on any atom is -0.370 e. The van der Waals surface area contributed by atoms with E-state index in [-0.39, 0.29) is 0 Å². The minimum absolute atomic E-state index is 0.402. The highest BCUT2D eigenvalue weighted by Gasteiger charge is 2.17. The first-order valence-corrected chi connectivity index (χ1v) is 5.34. The third kappa shape index (κ3) is 1.85. The van der Waals surface area contributed by atoms with Crippen molar-refractivity contribution < 1.29 is 4.74 Å². The normalized spacial score (nSPS) is 17.8. The van der Waals surface area contributed by atoms with E-state index < -0.39 is 0 Å². The molecule has 1 aromatic heterocycles. The van der Waals surface area contributed by atoms with Gasteiger partial charge in [-0.3, -0.25) is 0 Å². The van der Waals surface area contributed by atoms with Gasteiger partial charge in [0.25, 0.3) is 0 Å². The van der Waals surface area contributed by atoms with Crippen LogP contribution >= 0.6 is 27.5 Å². The van der Waals surface area contributed by atoms with E-state index in [9.17, 15) is 0 Å². The van der Waals surface area contributed by atoms with Gasteiger partial charge in [-0.25, -0.2) is 0 Å². The first-order chi connectivity index (χ1) is 5.86. The van der Waals surface area contributed by atoms with E-state index in [4.69, 9.17) is 4.74 Å². The van der Waals surface area contributed by atoms with Crippen molar-refractivity contribution >= 4 is 27.5 Å². The van der Waals surface area contributed by atoms with Crippen LogP contribution in [0.2, 0.25) is 0 Å². The van der Waals surface area contributed by atoms with Crippen molar-refractivity contribution in [3.05, 3.63) is 15.5 Å². The molecular weight excluding hydrogens is 240 g/mol. The molecule has 0 amide bonds. The maximum Gasteiger partial charge on any atom is 0.0841 e. The smallest absolute Gasteiger partial charge is 0.0841 e.